The second-order valence-electron chi connectivity index (χ2n) is 18.2. The van der Waals surface area contributed by atoms with Crippen molar-refractivity contribution < 1.29 is 28.2 Å². The fourth-order valence-corrected chi connectivity index (χ4v) is 10.7. The van der Waals surface area contributed by atoms with Gasteiger partial charge in [-0.3, -0.25) is 24.4 Å². The lowest BCUT2D eigenvalue weighted by Crippen LogP contribution is -2.51. The van der Waals surface area contributed by atoms with E-state index in [-0.39, 0.29) is 41.0 Å². The van der Waals surface area contributed by atoms with Crippen molar-refractivity contribution in [1.82, 2.24) is 29.6 Å². The molecule has 63 heavy (non-hydrogen) atoms. The predicted molar refractivity (Wildman–Crippen MR) is 236 cm³/mol. The number of carbonyl (C=O) groups is 2. The Balaban J connectivity index is 0.803. The van der Waals surface area contributed by atoms with Gasteiger partial charge in [-0.2, -0.15) is 10.1 Å². The highest BCUT2D eigenvalue weighted by molar-refractivity contribution is 6.33. The van der Waals surface area contributed by atoms with Gasteiger partial charge in [0.2, 0.25) is 23.5 Å². The molecule has 7 heterocycles. The third-order valence-corrected chi connectivity index (χ3v) is 14.6. The Bertz CT molecular complexity index is 2700. The summed E-state index contributed by atoms with van der Waals surface area (Å²) in [6, 6.07) is 10.3. The van der Waals surface area contributed by atoms with Crippen LogP contribution in [0.5, 0.6) is 5.75 Å². The van der Waals surface area contributed by atoms with E-state index in [4.69, 9.17) is 26.4 Å². The average Bonchev–Trinajstić information content (AvgIpc) is 4.08. The van der Waals surface area contributed by atoms with Crippen molar-refractivity contribution in [2.24, 2.45) is 31.8 Å². The number of aromatic nitrogens is 5. The Labute approximate surface area is 367 Å². The van der Waals surface area contributed by atoms with Gasteiger partial charge in [-0.15, -0.1) is 0 Å². The van der Waals surface area contributed by atoms with Gasteiger partial charge in [-0.25, -0.2) is 13.8 Å². The maximum atomic E-state index is 15.2. The smallest absolute Gasteiger partial charge is 0.301 e. The molecule has 2 aromatic carbocycles. The van der Waals surface area contributed by atoms with Gasteiger partial charge >= 0.3 is 5.92 Å². The van der Waals surface area contributed by atoms with E-state index < -0.39 is 35.6 Å². The Morgan fingerprint density at radius 3 is 2.37 bits per heavy atom. The van der Waals surface area contributed by atoms with Crippen molar-refractivity contribution in [3.05, 3.63) is 63.7 Å². The molecule has 2 amide bonds. The van der Waals surface area contributed by atoms with E-state index in [1.54, 1.807) is 31.4 Å². The first kappa shape index (κ1) is 41.5. The summed E-state index contributed by atoms with van der Waals surface area (Å²) in [5.41, 5.74) is 2.74. The van der Waals surface area contributed by atoms with Gasteiger partial charge in [0.05, 0.1) is 51.9 Å². The van der Waals surface area contributed by atoms with E-state index in [0.717, 1.165) is 55.4 Å². The van der Waals surface area contributed by atoms with Crippen molar-refractivity contribution in [3.8, 4) is 5.75 Å². The van der Waals surface area contributed by atoms with Gasteiger partial charge in [0.15, 0.2) is 12.4 Å². The minimum Gasteiger partial charge on any atom is -0.480 e. The number of aryl methyl sites for hydroxylation is 2. The van der Waals surface area contributed by atoms with Crippen LogP contribution in [0.25, 0.3) is 21.8 Å². The van der Waals surface area contributed by atoms with Crippen molar-refractivity contribution in [2.45, 2.75) is 81.8 Å². The maximum absolute atomic E-state index is 15.2. The lowest BCUT2D eigenvalue weighted by molar-refractivity contribution is -0.134. The van der Waals surface area contributed by atoms with Crippen LogP contribution in [0.3, 0.4) is 0 Å². The number of anilines is 5. The number of pyridine rings is 1. The van der Waals surface area contributed by atoms with Gasteiger partial charge in [0.25, 0.3) is 5.56 Å². The van der Waals surface area contributed by atoms with Crippen LogP contribution in [0, 0.1) is 17.8 Å². The van der Waals surface area contributed by atoms with Crippen LogP contribution in [0.1, 0.15) is 69.9 Å². The van der Waals surface area contributed by atoms with Crippen LogP contribution in [-0.4, -0.2) is 91.6 Å². The molecule has 0 spiro atoms. The van der Waals surface area contributed by atoms with Crippen molar-refractivity contribution >= 4 is 74.0 Å². The van der Waals surface area contributed by atoms with Crippen LogP contribution in [-0.2, 0) is 23.7 Å². The van der Waals surface area contributed by atoms with E-state index in [2.05, 4.69) is 36.8 Å². The Kier molecular flexibility index (Phi) is 10.3. The zero-order chi connectivity index (χ0) is 43.9. The number of nitrogens with zero attached hydrogens (tertiary/aromatic N) is 7. The Hall–Kier alpha value is -5.55. The molecule has 1 saturated carbocycles. The summed E-state index contributed by atoms with van der Waals surface area (Å²) in [5.74, 6) is -3.43. The van der Waals surface area contributed by atoms with Crippen LogP contribution in [0.15, 0.2) is 47.4 Å². The van der Waals surface area contributed by atoms with Crippen LogP contribution in [0.2, 0.25) is 5.02 Å². The molecule has 1 aliphatic carbocycles. The quantitative estimate of drug-likeness (QED) is 0.130. The number of hydrogen-bond acceptors (Lipinski definition) is 12. The molecule has 3 atom stereocenters. The van der Waals surface area contributed by atoms with Gasteiger partial charge in [-0.05, 0) is 93.9 Å². The molecule has 15 nitrogen and oxygen atoms in total. The molecule has 332 valence electrons. The monoisotopic (exact) mass is 884 g/mol. The number of para-hydroxylation sites is 1. The second kappa shape index (κ2) is 15.6. The number of imide groups is 1. The highest BCUT2D eigenvalue weighted by atomic mass is 35.5. The van der Waals surface area contributed by atoms with Crippen molar-refractivity contribution in [1.29, 1.82) is 0 Å². The number of aliphatic hydroxyl groups is 1. The first-order chi connectivity index (χ1) is 30.2. The number of alkyl halides is 2. The molecule has 3 aromatic heterocycles. The molecule has 0 radical (unpaired) electrons. The molecular formula is C45H51ClF2N10O5. The third kappa shape index (κ3) is 7.39. The lowest BCUT2D eigenvalue weighted by Gasteiger charge is -2.46. The van der Waals surface area contributed by atoms with Crippen molar-refractivity contribution in [2.75, 3.05) is 53.2 Å². The number of rotatable bonds is 8. The molecular weight excluding hydrogens is 834 g/mol. The van der Waals surface area contributed by atoms with Gasteiger partial charge < -0.3 is 34.8 Å². The molecule has 4 aliphatic heterocycles. The fraction of sp³-hybridized carbons (Fsp3) is 0.511. The first-order valence-electron chi connectivity index (χ1n) is 21.9. The summed E-state index contributed by atoms with van der Waals surface area (Å²) in [7, 11) is 3.49. The van der Waals surface area contributed by atoms with Gasteiger partial charge in [0.1, 0.15) is 5.02 Å². The Morgan fingerprint density at radius 2 is 1.67 bits per heavy atom. The van der Waals surface area contributed by atoms with Crippen LogP contribution in [0.4, 0.5) is 37.6 Å². The zero-order valence-corrected chi connectivity index (χ0v) is 36.2. The number of fused-ring (bicyclic) bond motifs is 4. The standard InChI is InChI=1S/C45H51ClF2N10O5/c1-44(62,25-13-17-57(18-14-25)33-6-4-5-28-35(54-56(3)37(28)33)29-10-12-34(59)51-41(29)60)26-15-19-58(20-16-26)43-49-22-31(46)40(53-43)50-27-9-11-32-30(21-27)36-38(42(61)55(32)2)63-23-45(47,48)39(52-36)24-7-8-24/h4-6,9,11,21-22,24-26,29,39,52,62H,7-8,10,12-20,23H2,1-3H3,(H,49,50,53)(H,51,59,60). The maximum Gasteiger partial charge on any atom is 0.301 e. The van der Waals surface area contributed by atoms with E-state index in [9.17, 15) is 19.5 Å². The molecule has 4 fully saturated rings. The highest BCUT2D eigenvalue weighted by Gasteiger charge is 2.51. The first-order valence-corrected chi connectivity index (χ1v) is 22.3. The minimum absolute atomic E-state index is 0.0764. The summed E-state index contributed by atoms with van der Waals surface area (Å²) < 4.78 is 39.1. The molecule has 5 aliphatic rings. The third-order valence-electron chi connectivity index (χ3n) is 14.3. The number of amides is 2. The van der Waals surface area contributed by atoms with Crippen LogP contribution >= 0.6 is 11.6 Å². The Morgan fingerprint density at radius 1 is 0.952 bits per heavy atom. The van der Waals surface area contributed by atoms with Gasteiger partial charge in [-0.1, -0.05) is 23.7 Å². The van der Waals surface area contributed by atoms with E-state index in [1.165, 1.54) is 4.57 Å². The number of nitrogens with one attached hydrogen (secondary N) is 3. The van der Waals surface area contributed by atoms with Gasteiger partial charge in [0, 0.05) is 63.2 Å². The number of benzene rings is 2. The van der Waals surface area contributed by atoms with Crippen molar-refractivity contribution in [3.63, 3.8) is 0 Å². The van der Waals surface area contributed by atoms with E-state index in [0.29, 0.717) is 77.8 Å². The number of carbonyl (C=O) groups excluding carboxylic acids is 2. The van der Waals surface area contributed by atoms with Crippen LogP contribution < -0.4 is 36.0 Å². The summed E-state index contributed by atoms with van der Waals surface area (Å²) >= 11 is 6.64. The highest BCUT2D eigenvalue weighted by Crippen LogP contribution is 2.46. The average molecular weight is 885 g/mol. The largest absolute Gasteiger partial charge is 0.480 e. The van der Waals surface area contributed by atoms with E-state index >= 15 is 8.78 Å². The SMILES string of the molecule is Cn1nc(C2CCC(=O)NC2=O)c2cccc(N3CCC(C(C)(O)C4CCN(c5ncc(Cl)c(Nc6ccc7c(c6)c6c(c(=O)n7C)OCC(F)(F)C(C7CC7)N6)n5)CC4)CC3)c21. The number of piperidine rings is 3. The molecule has 10 rings (SSSR count). The second-order valence-corrected chi connectivity index (χ2v) is 18.6. The number of hydrogen-bond donors (Lipinski definition) is 4. The predicted octanol–water partition coefficient (Wildman–Crippen LogP) is 6.23. The zero-order valence-electron chi connectivity index (χ0n) is 35.5. The summed E-state index contributed by atoms with van der Waals surface area (Å²) in [6.07, 6.45) is 6.81. The summed E-state index contributed by atoms with van der Waals surface area (Å²) in [5, 5.41) is 27.5. The molecule has 3 saturated heterocycles. The summed E-state index contributed by atoms with van der Waals surface area (Å²) in [6.45, 7) is 3.95. The molecule has 3 unspecified atom stereocenters. The fourth-order valence-electron chi connectivity index (χ4n) is 10.5. The normalized spacial score (nSPS) is 23.2. The molecule has 5 aromatic rings. The topological polar surface area (TPSA) is 172 Å². The molecule has 18 heteroatoms. The number of halogens is 3. The lowest BCUT2D eigenvalue weighted by atomic mass is 9.70. The summed E-state index contributed by atoms with van der Waals surface area (Å²) in [4.78, 5) is 51.7. The molecule has 4 N–H and O–H groups in total. The molecule has 0 bridgehead atoms. The minimum atomic E-state index is -3.15. The number of ether oxygens (including phenoxy) is 1. The van der Waals surface area contributed by atoms with E-state index in [1.807, 2.05) is 30.8 Å².